The lowest BCUT2D eigenvalue weighted by Gasteiger charge is -2.57. The number of alkyl halides is 1. The van der Waals surface area contributed by atoms with E-state index in [2.05, 4.69) is 0 Å². The topological polar surface area (TPSA) is 160 Å². The molecule has 39 heavy (non-hydrogen) atoms. The molecule has 10 nitrogen and oxygen atoms in total. The van der Waals surface area contributed by atoms with E-state index >= 15 is 4.39 Å². The second-order valence-corrected chi connectivity index (χ2v) is 12.8. The van der Waals surface area contributed by atoms with E-state index in [-0.39, 0.29) is 54.0 Å². The van der Waals surface area contributed by atoms with Crippen LogP contribution in [0.5, 0.6) is 0 Å². The molecule has 4 saturated carbocycles. The van der Waals surface area contributed by atoms with Crippen molar-refractivity contribution in [3.63, 3.8) is 0 Å². The standard InChI is InChI=1S/C28H41FO10/c1-12(30)37-11-20(31)18-8-7-17-16-5-3-13-9-14(4-6-15(13)21(16)19(29)10-28(17,18)2)38-27-24(34)22(32)23(33)25(39-27)26(35)36/h13-19,21-25,27,32-34H,3-11H2,1-2H3,(H,35,36)/t13-,14+,15-,16-,17-,18+,19+,21+,22-,23-,24+,25-,27?,28-/m0/s1. The minimum Gasteiger partial charge on any atom is -0.479 e. The first kappa shape index (κ1) is 28.9. The third-order valence-corrected chi connectivity index (χ3v) is 10.8. The zero-order valence-electron chi connectivity index (χ0n) is 22.5. The number of carbonyl (C=O) groups is 3. The third kappa shape index (κ3) is 5.14. The summed E-state index contributed by atoms with van der Waals surface area (Å²) in [7, 11) is 0. The number of aliphatic carboxylic acids is 1. The van der Waals surface area contributed by atoms with E-state index < -0.39 is 54.2 Å². The van der Waals surface area contributed by atoms with Crippen LogP contribution in [0.4, 0.5) is 4.39 Å². The van der Waals surface area contributed by atoms with Gasteiger partial charge in [0.25, 0.3) is 0 Å². The van der Waals surface area contributed by atoms with E-state index in [4.69, 9.17) is 14.2 Å². The molecule has 0 aromatic rings. The number of fused-ring (bicyclic) bond motifs is 5. The van der Waals surface area contributed by atoms with Crippen molar-refractivity contribution < 1.29 is 53.4 Å². The Balaban J connectivity index is 1.23. The van der Waals surface area contributed by atoms with E-state index in [1.165, 1.54) is 6.92 Å². The number of esters is 1. The number of halogens is 1. The molecule has 0 radical (unpaired) electrons. The Bertz CT molecular complexity index is 961. The molecule has 0 bridgehead atoms. The van der Waals surface area contributed by atoms with Crippen LogP contribution >= 0.6 is 0 Å². The van der Waals surface area contributed by atoms with E-state index in [0.717, 1.165) is 25.7 Å². The fourth-order valence-electron chi connectivity index (χ4n) is 9.10. The van der Waals surface area contributed by atoms with Crippen molar-refractivity contribution in [1.82, 2.24) is 0 Å². The number of carboxylic acids is 1. The number of hydrogen-bond donors (Lipinski definition) is 4. The summed E-state index contributed by atoms with van der Waals surface area (Å²) in [4.78, 5) is 35.5. The normalized spacial score (nSPS) is 49.3. The lowest BCUT2D eigenvalue weighted by molar-refractivity contribution is -0.308. The van der Waals surface area contributed by atoms with Crippen molar-refractivity contribution in [2.75, 3.05) is 6.61 Å². The summed E-state index contributed by atoms with van der Waals surface area (Å²) in [6.07, 6.45) is -3.94. The molecular weight excluding hydrogens is 515 g/mol. The average molecular weight is 557 g/mol. The number of rotatable bonds is 6. The van der Waals surface area contributed by atoms with Gasteiger partial charge in [-0.25, -0.2) is 9.18 Å². The van der Waals surface area contributed by atoms with Crippen LogP contribution in [0.15, 0.2) is 0 Å². The van der Waals surface area contributed by atoms with Gasteiger partial charge in [-0.2, -0.15) is 0 Å². The first-order valence-electron chi connectivity index (χ1n) is 14.3. The van der Waals surface area contributed by atoms with Gasteiger partial charge in [-0.3, -0.25) is 9.59 Å². The highest BCUT2D eigenvalue weighted by atomic mass is 19.1. The fraction of sp³-hybridized carbons (Fsp3) is 0.893. The molecule has 1 heterocycles. The van der Waals surface area contributed by atoms with Crippen LogP contribution in [-0.2, 0) is 28.6 Å². The van der Waals surface area contributed by atoms with Crippen LogP contribution in [0.2, 0.25) is 0 Å². The quantitative estimate of drug-likeness (QED) is 0.280. The van der Waals surface area contributed by atoms with Crippen LogP contribution in [0, 0.1) is 40.9 Å². The molecule has 4 N–H and O–H groups in total. The summed E-state index contributed by atoms with van der Waals surface area (Å²) in [5.74, 6) is -1.61. The molecule has 14 atom stereocenters. The Kier molecular flexibility index (Phi) is 8.11. The van der Waals surface area contributed by atoms with Gasteiger partial charge < -0.3 is 34.6 Å². The smallest absolute Gasteiger partial charge is 0.335 e. The van der Waals surface area contributed by atoms with Gasteiger partial charge in [0, 0.05) is 12.8 Å². The van der Waals surface area contributed by atoms with E-state index in [0.29, 0.717) is 25.7 Å². The predicted molar refractivity (Wildman–Crippen MR) is 132 cm³/mol. The number of aliphatic hydroxyl groups is 3. The Morgan fingerprint density at radius 2 is 1.69 bits per heavy atom. The zero-order chi connectivity index (χ0) is 28.2. The molecule has 5 rings (SSSR count). The molecule has 4 aliphatic carbocycles. The third-order valence-electron chi connectivity index (χ3n) is 10.8. The molecule has 1 unspecified atom stereocenters. The molecule has 1 saturated heterocycles. The predicted octanol–water partition coefficient (Wildman–Crippen LogP) is 1.61. The van der Waals surface area contributed by atoms with Gasteiger partial charge >= 0.3 is 11.9 Å². The number of aliphatic hydroxyl groups excluding tert-OH is 3. The summed E-state index contributed by atoms with van der Waals surface area (Å²) < 4.78 is 32.3. The minimum atomic E-state index is -1.77. The zero-order valence-corrected chi connectivity index (χ0v) is 22.5. The van der Waals surface area contributed by atoms with Gasteiger partial charge in [0.15, 0.2) is 18.2 Å². The SMILES string of the molecule is CC(=O)OCC(=O)[C@H]1CC[C@H]2[C@@H]3CC[C@H]4C[C@H](OC5O[C@H](C(=O)O)[C@@H](O)[C@H](O)[C@H]5O)CC[C@@H]4[C@H]3[C@H](F)C[C@]12C. The van der Waals surface area contributed by atoms with Gasteiger partial charge in [0.2, 0.25) is 0 Å². The van der Waals surface area contributed by atoms with Crippen molar-refractivity contribution in [2.45, 2.75) is 108 Å². The number of hydrogen-bond acceptors (Lipinski definition) is 9. The Labute approximate surface area is 227 Å². The summed E-state index contributed by atoms with van der Waals surface area (Å²) in [5.41, 5.74) is -0.439. The summed E-state index contributed by atoms with van der Waals surface area (Å²) in [5, 5.41) is 39.7. The Hall–Kier alpha value is -1.66. The van der Waals surface area contributed by atoms with Crippen molar-refractivity contribution >= 4 is 17.7 Å². The molecule has 5 fully saturated rings. The second-order valence-electron chi connectivity index (χ2n) is 12.8. The highest BCUT2D eigenvalue weighted by Gasteiger charge is 2.62. The lowest BCUT2D eigenvalue weighted by Crippen LogP contribution is -2.61. The molecule has 1 aliphatic heterocycles. The number of ketones is 1. The van der Waals surface area contributed by atoms with Crippen molar-refractivity contribution in [1.29, 1.82) is 0 Å². The highest BCUT2D eigenvalue weighted by molar-refractivity contribution is 5.85. The maximum absolute atomic E-state index is 16.1. The highest BCUT2D eigenvalue weighted by Crippen LogP contribution is 2.65. The number of ether oxygens (including phenoxy) is 3. The first-order valence-corrected chi connectivity index (χ1v) is 14.3. The maximum Gasteiger partial charge on any atom is 0.335 e. The van der Waals surface area contributed by atoms with Crippen molar-refractivity contribution in [3.8, 4) is 0 Å². The van der Waals surface area contributed by atoms with Gasteiger partial charge in [0.1, 0.15) is 31.1 Å². The number of Topliss-reactive ketones (excluding diaryl/α,β-unsaturated/α-hetero) is 1. The van der Waals surface area contributed by atoms with E-state index in [1.807, 2.05) is 6.92 Å². The summed E-state index contributed by atoms with van der Waals surface area (Å²) in [6.45, 7) is 3.08. The molecular formula is C28H41FO10. The average Bonchev–Trinajstić information content (AvgIpc) is 3.23. The maximum atomic E-state index is 16.1. The van der Waals surface area contributed by atoms with Crippen LogP contribution in [0.25, 0.3) is 0 Å². The first-order chi connectivity index (χ1) is 18.4. The fourth-order valence-corrected chi connectivity index (χ4v) is 9.10. The lowest BCUT2D eigenvalue weighted by atomic mass is 9.49. The van der Waals surface area contributed by atoms with Crippen molar-refractivity contribution in [2.24, 2.45) is 40.9 Å². The van der Waals surface area contributed by atoms with Gasteiger partial charge in [-0.15, -0.1) is 0 Å². The van der Waals surface area contributed by atoms with E-state index in [9.17, 15) is 34.8 Å². The molecule has 220 valence electrons. The summed E-state index contributed by atoms with van der Waals surface area (Å²) in [6, 6.07) is 0. The Morgan fingerprint density at radius 3 is 2.38 bits per heavy atom. The van der Waals surface area contributed by atoms with Crippen LogP contribution in [0.3, 0.4) is 0 Å². The van der Waals surface area contributed by atoms with Crippen LogP contribution < -0.4 is 0 Å². The molecule has 0 aromatic heterocycles. The minimum absolute atomic E-state index is 0.0880. The van der Waals surface area contributed by atoms with Gasteiger partial charge in [-0.1, -0.05) is 6.92 Å². The number of carboxylic acid groups (broad SMARTS) is 1. The molecule has 11 heteroatoms. The molecule has 5 aliphatic rings. The van der Waals surface area contributed by atoms with Gasteiger partial charge in [0.05, 0.1) is 6.10 Å². The second kappa shape index (κ2) is 11.0. The molecule has 0 aromatic carbocycles. The number of carbonyl (C=O) groups excluding carboxylic acids is 2. The van der Waals surface area contributed by atoms with Crippen LogP contribution in [0.1, 0.15) is 65.2 Å². The summed E-state index contributed by atoms with van der Waals surface area (Å²) >= 11 is 0. The largest absolute Gasteiger partial charge is 0.479 e. The molecule has 0 amide bonds. The van der Waals surface area contributed by atoms with Crippen molar-refractivity contribution in [3.05, 3.63) is 0 Å². The monoisotopic (exact) mass is 556 g/mol. The van der Waals surface area contributed by atoms with Crippen LogP contribution in [-0.4, -0.2) is 87.7 Å². The van der Waals surface area contributed by atoms with E-state index in [1.54, 1.807) is 0 Å². The molecule has 0 spiro atoms. The Morgan fingerprint density at radius 1 is 0.974 bits per heavy atom. The van der Waals surface area contributed by atoms with Gasteiger partial charge in [-0.05, 0) is 86.4 Å².